The number of hydrogen-bond donors (Lipinski definition) is 2. The van der Waals surface area contributed by atoms with Crippen LogP contribution in [0.2, 0.25) is 10.0 Å². The summed E-state index contributed by atoms with van der Waals surface area (Å²) < 4.78 is 0.983. The lowest BCUT2D eigenvalue weighted by Gasteiger charge is -2.42. The number of halogens is 2. The summed E-state index contributed by atoms with van der Waals surface area (Å²) in [6, 6.07) is 10.3. The number of pyridine rings is 2. The van der Waals surface area contributed by atoms with E-state index in [0.29, 0.717) is 11.2 Å². The van der Waals surface area contributed by atoms with Gasteiger partial charge in [-0.3, -0.25) is 14.8 Å². The minimum Gasteiger partial charge on any atom is -0.357 e. The van der Waals surface area contributed by atoms with Gasteiger partial charge in [0.05, 0.1) is 21.1 Å². The van der Waals surface area contributed by atoms with Crippen molar-refractivity contribution in [1.82, 2.24) is 19.5 Å². The number of hydrogen-bond acceptors (Lipinski definition) is 6. The van der Waals surface area contributed by atoms with Crippen LogP contribution in [-0.2, 0) is 6.42 Å². The first-order valence-electron chi connectivity index (χ1n) is 11.4. The molecule has 178 valence electrons. The minimum atomic E-state index is -0.628. The van der Waals surface area contributed by atoms with Crippen molar-refractivity contribution in [2.24, 2.45) is 11.1 Å². The summed E-state index contributed by atoms with van der Waals surface area (Å²) in [6.07, 6.45) is 6.53. The van der Waals surface area contributed by atoms with E-state index in [9.17, 15) is 9.59 Å². The van der Waals surface area contributed by atoms with Gasteiger partial charge < -0.3 is 10.6 Å². The molecule has 6 rings (SSSR count). The largest absolute Gasteiger partial charge is 0.357 e. The van der Waals surface area contributed by atoms with Gasteiger partial charge in [-0.05, 0) is 66.1 Å². The molecular formula is C25H22Cl2N6O2. The molecule has 0 unspecified atom stereocenters. The predicted molar refractivity (Wildman–Crippen MR) is 137 cm³/mol. The van der Waals surface area contributed by atoms with E-state index in [1.54, 1.807) is 30.5 Å². The lowest BCUT2D eigenvalue weighted by atomic mass is 9.73. The van der Waals surface area contributed by atoms with Crippen LogP contribution in [0.4, 0.5) is 5.82 Å². The summed E-state index contributed by atoms with van der Waals surface area (Å²) in [5, 5.41) is 0.683. The molecule has 0 saturated carbocycles. The average Bonchev–Trinajstić information content (AvgIpc) is 3.13. The van der Waals surface area contributed by atoms with Gasteiger partial charge in [-0.15, -0.1) is 0 Å². The van der Waals surface area contributed by atoms with Crippen LogP contribution < -0.4 is 21.9 Å². The quantitative estimate of drug-likeness (QED) is 0.427. The molecule has 3 aromatic heterocycles. The molecule has 1 spiro atoms. The Balaban J connectivity index is 1.30. The third-order valence-electron chi connectivity index (χ3n) is 7.48. The lowest BCUT2D eigenvalue weighted by molar-refractivity contribution is 0.187. The maximum absolute atomic E-state index is 13.2. The molecule has 35 heavy (non-hydrogen) atoms. The highest BCUT2D eigenvalue weighted by Gasteiger charge is 2.46. The summed E-state index contributed by atoms with van der Waals surface area (Å²) in [5.41, 5.74) is 8.47. The fourth-order valence-corrected chi connectivity index (χ4v) is 5.90. The van der Waals surface area contributed by atoms with E-state index in [1.165, 1.54) is 11.1 Å². The second kappa shape index (κ2) is 8.19. The first-order valence-corrected chi connectivity index (χ1v) is 12.2. The number of anilines is 1. The maximum Gasteiger partial charge on any atom is 0.334 e. The second-order valence-electron chi connectivity index (χ2n) is 9.29. The molecule has 1 aliphatic heterocycles. The second-order valence-corrected chi connectivity index (χ2v) is 10.1. The van der Waals surface area contributed by atoms with E-state index >= 15 is 0 Å². The van der Waals surface area contributed by atoms with Crippen LogP contribution in [0.5, 0.6) is 0 Å². The molecule has 1 saturated heterocycles. The van der Waals surface area contributed by atoms with Gasteiger partial charge in [0.15, 0.2) is 0 Å². The Hall–Kier alpha value is -3.20. The van der Waals surface area contributed by atoms with Gasteiger partial charge in [0.1, 0.15) is 11.5 Å². The van der Waals surface area contributed by atoms with Gasteiger partial charge >= 0.3 is 5.69 Å². The number of nitrogens with zero attached hydrogens (tertiary/aromatic N) is 4. The zero-order chi connectivity index (χ0) is 24.3. The molecule has 0 amide bonds. The van der Waals surface area contributed by atoms with Crippen LogP contribution in [0.25, 0.3) is 16.7 Å². The number of benzene rings is 1. The molecule has 0 radical (unpaired) electrons. The molecule has 0 bridgehead atoms. The van der Waals surface area contributed by atoms with Crippen LogP contribution in [0.3, 0.4) is 0 Å². The number of piperidine rings is 1. The number of aromatic nitrogens is 4. The Morgan fingerprint density at radius 3 is 2.66 bits per heavy atom. The van der Waals surface area contributed by atoms with Crippen molar-refractivity contribution >= 4 is 40.1 Å². The van der Waals surface area contributed by atoms with Gasteiger partial charge in [-0.1, -0.05) is 29.3 Å². The predicted octanol–water partition coefficient (Wildman–Crippen LogP) is 3.62. The van der Waals surface area contributed by atoms with Gasteiger partial charge in [0.25, 0.3) is 5.56 Å². The van der Waals surface area contributed by atoms with Crippen molar-refractivity contribution < 1.29 is 0 Å². The van der Waals surface area contributed by atoms with Crippen LogP contribution in [0.15, 0.2) is 58.4 Å². The van der Waals surface area contributed by atoms with Gasteiger partial charge in [0.2, 0.25) is 0 Å². The van der Waals surface area contributed by atoms with Crippen molar-refractivity contribution in [1.29, 1.82) is 0 Å². The van der Waals surface area contributed by atoms with Crippen LogP contribution >= 0.6 is 23.2 Å². The Kier molecular flexibility index (Phi) is 5.21. The van der Waals surface area contributed by atoms with Crippen molar-refractivity contribution in [3.63, 3.8) is 0 Å². The number of H-pyrrole nitrogens is 1. The first-order chi connectivity index (χ1) is 16.9. The van der Waals surface area contributed by atoms with E-state index in [1.807, 2.05) is 18.3 Å². The number of nitrogens with two attached hydrogens (primary N) is 1. The molecule has 1 fully saturated rings. The lowest BCUT2D eigenvalue weighted by Crippen LogP contribution is -2.44. The van der Waals surface area contributed by atoms with E-state index < -0.39 is 11.2 Å². The molecule has 8 nitrogen and oxygen atoms in total. The standard InChI is InChI=1S/C25H22Cl2N6O2/c26-17-2-1-3-18(20(17)27)33-23(34)16-4-5-19(30-22(16)31-24(33)35)32-10-7-25(8-11-32)12-14-13-29-9-6-15(14)21(25)28/h1-6,9,13,21H,7-8,10-12,28H2,(H,30,31,35)/t21-/m1/s1. The van der Waals surface area contributed by atoms with E-state index in [-0.39, 0.29) is 32.8 Å². The number of aromatic amines is 1. The van der Waals surface area contributed by atoms with Crippen LogP contribution in [0, 0.1) is 5.41 Å². The first kappa shape index (κ1) is 22.3. The van der Waals surface area contributed by atoms with Crippen LogP contribution in [-0.4, -0.2) is 32.6 Å². The van der Waals surface area contributed by atoms with Gasteiger partial charge in [-0.2, -0.15) is 0 Å². The summed E-state index contributed by atoms with van der Waals surface area (Å²) in [4.78, 5) is 39.8. The normalized spacial score (nSPS) is 18.8. The smallest absolute Gasteiger partial charge is 0.334 e. The molecule has 2 aliphatic rings. The topological polar surface area (TPSA) is 110 Å². The number of rotatable bonds is 2. The minimum absolute atomic E-state index is 0.000323. The Labute approximate surface area is 210 Å². The Bertz CT molecular complexity index is 1590. The molecule has 1 atom stereocenters. The fourth-order valence-electron chi connectivity index (χ4n) is 5.52. The zero-order valence-corrected chi connectivity index (χ0v) is 20.2. The highest BCUT2D eigenvalue weighted by molar-refractivity contribution is 6.43. The summed E-state index contributed by atoms with van der Waals surface area (Å²) in [7, 11) is 0. The molecular weight excluding hydrogens is 487 g/mol. The Morgan fingerprint density at radius 1 is 1.09 bits per heavy atom. The highest BCUT2D eigenvalue weighted by atomic mass is 35.5. The molecule has 1 aromatic carbocycles. The third-order valence-corrected chi connectivity index (χ3v) is 8.29. The van der Waals surface area contributed by atoms with Gasteiger partial charge in [-0.25, -0.2) is 14.3 Å². The summed E-state index contributed by atoms with van der Waals surface area (Å²) in [5.74, 6) is 0.715. The van der Waals surface area contributed by atoms with Crippen LogP contribution in [0.1, 0.15) is 30.0 Å². The monoisotopic (exact) mass is 508 g/mol. The SMILES string of the molecule is N[C@@H]1c2ccncc2CC12CCN(c1ccc3c(=O)n(-c4cccc(Cl)c4Cl)c(=O)[nH]c3n1)CC2. The van der Waals surface area contributed by atoms with E-state index in [4.69, 9.17) is 28.9 Å². The van der Waals surface area contributed by atoms with E-state index in [2.05, 4.69) is 19.9 Å². The fraction of sp³-hybridized carbons (Fsp3) is 0.280. The summed E-state index contributed by atoms with van der Waals surface area (Å²) >= 11 is 12.3. The third kappa shape index (κ3) is 3.47. The van der Waals surface area contributed by atoms with Crippen molar-refractivity contribution in [2.45, 2.75) is 25.3 Å². The maximum atomic E-state index is 13.2. The average molecular weight is 509 g/mol. The molecule has 10 heteroatoms. The van der Waals surface area contributed by atoms with Crippen molar-refractivity contribution in [2.75, 3.05) is 18.0 Å². The van der Waals surface area contributed by atoms with Crippen molar-refractivity contribution in [3.8, 4) is 5.69 Å². The molecule has 1 aliphatic carbocycles. The van der Waals surface area contributed by atoms with E-state index in [0.717, 1.165) is 36.9 Å². The molecule has 4 heterocycles. The number of nitrogens with one attached hydrogen (secondary N) is 1. The number of fused-ring (bicyclic) bond motifs is 2. The highest BCUT2D eigenvalue weighted by Crippen LogP contribution is 2.50. The van der Waals surface area contributed by atoms with Gasteiger partial charge in [0, 0.05) is 31.5 Å². The Morgan fingerprint density at radius 2 is 1.89 bits per heavy atom. The van der Waals surface area contributed by atoms with Crippen molar-refractivity contribution in [3.05, 3.63) is 90.8 Å². The zero-order valence-electron chi connectivity index (χ0n) is 18.7. The molecule has 3 N–H and O–H groups in total. The summed E-state index contributed by atoms with van der Waals surface area (Å²) in [6.45, 7) is 1.57. The molecule has 4 aromatic rings.